The van der Waals surface area contributed by atoms with Crippen LogP contribution < -0.4 is 9.80 Å². The molecule has 0 radical (unpaired) electrons. The third-order valence-electron chi connectivity index (χ3n) is 8.69. The van der Waals surface area contributed by atoms with E-state index in [-0.39, 0.29) is 20.4 Å². The first kappa shape index (κ1) is 32.2. The number of anilines is 2. The van der Waals surface area contributed by atoms with Crippen LogP contribution >= 0.6 is 0 Å². The summed E-state index contributed by atoms with van der Waals surface area (Å²) in [6, 6.07) is 66.1. The molecule has 0 N–H and O–H groups in total. The summed E-state index contributed by atoms with van der Waals surface area (Å²) in [4.78, 5) is 9.35. The van der Waals surface area contributed by atoms with Crippen LogP contribution in [0.15, 0.2) is 170 Å². The van der Waals surface area contributed by atoms with Crippen molar-refractivity contribution in [1.29, 1.82) is 0 Å². The number of nitrogens with zero attached hydrogens (tertiary/aromatic N) is 4. The van der Waals surface area contributed by atoms with Crippen LogP contribution in [0.4, 0.5) is 11.4 Å². The summed E-state index contributed by atoms with van der Waals surface area (Å²) in [7, 11) is 0. The normalized spacial score (nSPS) is 14.4. The Kier molecular flexibility index (Phi) is 9.75. The SMILES string of the molecule is [Pd].[c-]1ccccc1N1[CH-]N(CCN2[CH-]N(c3[c-]cccc3)C(c3ccccc3)=C2c2ccccc2)C(c2ccccc2)=C1c1ccccc1. The van der Waals surface area contributed by atoms with Crippen LogP contribution in [0.2, 0.25) is 0 Å². The Morgan fingerprint density at radius 3 is 0.980 bits per heavy atom. The van der Waals surface area contributed by atoms with E-state index in [2.05, 4.69) is 191 Å². The Labute approximate surface area is 303 Å². The molecule has 5 heteroatoms. The van der Waals surface area contributed by atoms with Crippen LogP contribution in [0.1, 0.15) is 22.3 Å². The summed E-state index contributed by atoms with van der Waals surface area (Å²) < 4.78 is 0. The van der Waals surface area contributed by atoms with E-state index in [4.69, 9.17) is 0 Å². The summed E-state index contributed by atoms with van der Waals surface area (Å²) in [6.07, 6.45) is 0. The van der Waals surface area contributed by atoms with Gasteiger partial charge in [-0.1, -0.05) is 121 Å². The van der Waals surface area contributed by atoms with Crippen molar-refractivity contribution in [3.05, 3.63) is 218 Å². The summed E-state index contributed by atoms with van der Waals surface area (Å²) >= 11 is 0. The van der Waals surface area contributed by atoms with Crippen molar-refractivity contribution >= 4 is 34.2 Å². The van der Waals surface area contributed by atoms with Gasteiger partial charge in [-0.05, 0) is 22.3 Å². The Bertz CT molecular complexity index is 1870. The van der Waals surface area contributed by atoms with Crippen molar-refractivity contribution in [2.75, 3.05) is 22.9 Å². The quantitative estimate of drug-likeness (QED) is 0.109. The van der Waals surface area contributed by atoms with E-state index in [1.165, 1.54) is 22.5 Å². The van der Waals surface area contributed by atoms with E-state index in [1.54, 1.807) is 0 Å². The Morgan fingerprint density at radius 1 is 0.367 bits per heavy atom. The number of hydrogen-bond donors (Lipinski definition) is 0. The minimum Gasteiger partial charge on any atom is -0.500 e. The molecule has 0 bridgehead atoms. The van der Waals surface area contributed by atoms with E-state index >= 15 is 0 Å². The molecule has 0 fully saturated rings. The van der Waals surface area contributed by atoms with Crippen LogP contribution in [0, 0.1) is 25.5 Å². The Hall–Kier alpha value is -5.34. The zero-order valence-electron chi connectivity index (χ0n) is 26.8. The Balaban J connectivity index is 0.00000378. The molecule has 49 heavy (non-hydrogen) atoms. The molecule has 0 aromatic heterocycles. The van der Waals surface area contributed by atoms with Gasteiger partial charge in [0.15, 0.2) is 0 Å². The van der Waals surface area contributed by atoms with Crippen LogP contribution in [-0.4, -0.2) is 22.9 Å². The Morgan fingerprint density at radius 2 is 0.673 bits per heavy atom. The minimum absolute atomic E-state index is 0. The van der Waals surface area contributed by atoms with Gasteiger partial charge in [0.1, 0.15) is 0 Å². The predicted octanol–water partition coefficient (Wildman–Crippen LogP) is 9.52. The summed E-state index contributed by atoms with van der Waals surface area (Å²) in [6.45, 7) is 5.95. The van der Waals surface area contributed by atoms with Crippen molar-refractivity contribution < 1.29 is 20.4 Å². The van der Waals surface area contributed by atoms with Gasteiger partial charge in [-0.3, -0.25) is 0 Å². The third kappa shape index (κ3) is 6.56. The molecule has 0 saturated heterocycles. The molecule has 0 spiro atoms. The fraction of sp³-hybridized carbons (Fsp3) is 0.0455. The van der Waals surface area contributed by atoms with Gasteiger partial charge < -0.3 is 19.6 Å². The first-order valence-electron chi connectivity index (χ1n) is 16.3. The molecule has 6 aromatic rings. The number of hydrogen-bond acceptors (Lipinski definition) is 4. The molecular weight excluding hydrogens is 691 g/mol. The third-order valence-corrected chi connectivity index (χ3v) is 8.69. The van der Waals surface area contributed by atoms with Crippen molar-refractivity contribution in [2.24, 2.45) is 0 Å². The first-order chi connectivity index (χ1) is 23.8. The average Bonchev–Trinajstić information content (AvgIpc) is 3.75. The molecule has 4 nitrogen and oxygen atoms in total. The number of rotatable bonds is 9. The smallest absolute Gasteiger partial charge is 0.0406 e. The zero-order chi connectivity index (χ0) is 32.1. The molecule has 8 rings (SSSR count). The minimum atomic E-state index is 0. The molecule has 0 unspecified atom stereocenters. The monoisotopic (exact) mass is 724 g/mol. The summed E-state index contributed by atoms with van der Waals surface area (Å²) in [5.41, 5.74) is 11.3. The van der Waals surface area contributed by atoms with Gasteiger partial charge in [0, 0.05) is 56.3 Å². The van der Waals surface area contributed by atoms with Crippen molar-refractivity contribution in [3.8, 4) is 0 Å². The topological polar surface area (TPSA) is 13.0 Å². The second kappa shape index (κ2) is 14.8. The van der Waals surface area contributed by atoms with Gasteiger partial charge in [-0.15, -0.1) is 11.4 Å². The molecule has 0 aliphatic carbocycles. The van der Waals surface area contributed by atoms with E-state index < -0.39 is 0 Å². The van der Waals surface area contributed by atoms with Gasteiger partial charge in [0.25, 0.3) is 0 Å². The van der Waals surface area contributed by atoms with E-state index in [9.17, 15) is 0 Å². The fourth-order valence-electron chi connectivity index (χ4n) is 6.54. The van der Waals surface area contributed by atoms with Crippen LogP contribution in [0.3, 0.4) is 0 Å². The largest absolute Gasteiger partial charge is 0.500 e. The molecule has 2 aliphatic heterocycles. The molecule has 0 atom stereocenters. The van der Waals surface area contributed by atoms with Crippen LogP contribution in [0.25, 0.3) is 22.8 Å². The van der Waals surface area contributed by atoms with E-state index in [1.807, 2.05) is 24.3 Å². The maximum atomic E-state index is 3.48. The molecule has 6 aromatic carbocycles. The van der Waals surface area contributed by atoms with Crippen LogP contribution in [-0.2, 0) is 20.4 Å². The van der Waals surface area contributed by atoms with Crippen molar-refractivity contribution in [2.45, 2.75) is 0 Å². The summed E-state index contributed by atoms with van der Waals surface area (Å²) in [5, 5.41) is 0. The molecule has 244 valence electrons. The van der Waals surface area contributed by atoms with Gasteiger partial charge in [0.2, 0.25) is 0 Å². The maximum absolute atomic E-state index is 3.48. The average molecular weight is 725 g/mol. The molecular formula is C44H34N4Pd-4. The molecule has 2 aliphatic rings. The zero-order valence-corrected chi connectivity index (χ0v) is 28.4. The van der Waals surface area contributed by atoms with Crippen molar-refractivity contribution in [3.63, 3.8) is 0 Å². The van der Waals surface area contributed by atoms with E-state index in [0.29, 0.717) is 0 Å². The number of benzene rings is 6. The van der Waals surface area contributed by atoms with Crippen molar-refractivity contribution in [1.82, 2.24) is 9.80 Å². The van der Waals surface area contributed by atoms with Gasteiger partial charge in [-0.25, -0.2) is 0 Å². The second-order valence-corrected chi connectivity index (χ2v) is 11.7. The van der Waals surface area contributed by atoms with Crippen LogP contribution in [0.5, 0.6) is 0 Å². The first-order valence-corrected chi connectivity index (χ1v) is 16.3. The predicted molar refractivity (Wildman–Crippen MR) is 197 cm³/mol. The fourth-order valence-corrected chi connectivity index (χ4v) is 6.54. The second-order valence-electron chi connectivity index (χ2n) is 11.7. The van der Waals surface area contributed by atoms with E-state index in [0.717, 1.165) is 47.0 Å². The van der Waals surface area contributed by atoms with Gasteiger partial charge in [-0.2, -0.15) is 74.0 Å². The number of para-hydroxylation sites is 2. The van der Waals surface area contributed by atoms with Gasteiger partial charge in [0.05, 0.1) is 0 Å². The molecule has 0 amide bonds. The standard InChI is InChI=1S/C44H34N4.Pd/c1-7-19-35(20-8-1)41-43(37-23-11-3-12-24-37)47(39-27-15-5-16-28-39)33-45(41)31-32-46-34-48(40-29-17-6-18-30-40)44(38-25-13-4-14-26-38)42(46)36-21-9-2-10-22-36;/h1-27,29,33-34H,31-32H2;/q-4;. The van der Waals surface area contributed by atoms with Gasteiger partial charge >= 0.3 is 0 Å². The summed E-state index contributed by atoms with van der Waals surface area (Å²) in [5.74, 6) is 0. The molecule has 0 saturated carbocycles. The maximum Gasteiger partial charge on any atom is 0.0406 e. The molecule has 2 heterocycles.